The molecule has 0 spiro atoms. The topological polar surface area (TPSA) is 75.1 Å². The number of rotatable bonds is 2. The van der Waals surface area contributed by atoms with E-state index in [1.165, 1.54) is 18.6 Å². The molecular formula is C4H3N2O3S-. The van der Waals surface area contributed by atoms with Crippen LogP contribution in [0.25, 0.3) is 0 Å². The van der Waals surface area contributed by atoms with Crippen molar-refractivity contribution in [2.75, 3.05) is 0 Å². The molecule has 0 aliphatic heterocycles. The van der Waals surface area contributed by atoms with Gasteiger partial charge in [-0.2, -0.15) is 0 Å². The van der Waals surface area contributed by atoms with Crippen molar-refractivity contribution < 1.29 is 12.9 Å². The average molecular weight is 159 g/mol. The van der Waals surface area contributed by atoms with Crippen LogP contribution in [-0.2, 0) is 11.4 Å². The molecule has 1 rings (SSSR count). The molecule has 6 heteroatoms. The first-order chi connectivity index (χ1) is 4.79. The molecule has 0 saturated heterocycles. The fourth-order valence-electron chi connectivity index (χ4n) is 0.398. The molecule has 0 amide bonds. The predicted octanol–water partition coefficient (Wildman–Crippen LogP) is -0.351. The van der Waals surface area contributed by atoms with Crippen LogP contribution in [0.5, 0.6) is 5.88 Å². The Balaban J connectivity index is 2.67. The summed E-state index contributed by atoms with van der Waals surface area (Å²) < 4.78 is 23.9. The van der Waals surface area contributed by atoms with Crippen molar-refractivity contribution in [1.29, 1.82) is 0 Å². The van der Waals surface area contributed by atoms with E-state index in [1.54, 1.807) is 0 Å². The van der Waals surface area contributed by atoms with E-state index >= 15 is 0 Å². The summed E-state index contributed by atoms with van der Waals surface area (Å²) in [6.45, 7) is 0. The van der Waals surface area contributed by atoms with Crippen molar-refractivity contribution in [3.8, 4) is 5.88 Å². The summed E-state index contributed by atoms with van der Waals surface area (Å²) in [5.74, 6) is -0.0316. The predicted molar refractivity (Wildman–Crippen MR) is 31.6 cm³/mol. The number of hydrogen-bond acceptors (Lipinski definition) is 5. The quantitative estimate of drug-likeness (QED) is 0.551. The first kappa shape index (κ1) is 7.10. The van der Waals surface area contributed by atoms with Crippen molar-refractivity contribution in [3.05, 3.63) is 18.6 Å². The van der Waals surface area contributed by atoms with E-state index in [1.807, 2.05) is 0 Å². The summed E-state index contributed by atoms with van der Waals surface area (Å²) >= 11 is -2.57. The molecule has 1 aromatic rings. The maximum absolute atomic E-state index is 9.88. The molecule has 1 atom stereocenters. The maximum atomic E-state index is 9.88. The van der Waals surface area contributed by atoms with Gasteiger partial charge in [-0.15, -0.1) is 0 Å². The molecule has 0 aliphatic carbocycles. The van der Waals surface area contributed by atoms with Gasteiger partial charge in [0.15, 0.2) is 0 Å². The minimum atomic E-state index is -2.57. The third-order valence-corrected chi connectivity index (χ3v) is 1.000. The Hall–Kier alpha value is -1.01. The summed E-state index contributed by atoms with van der Waals surface area (Å²) in [5.41, 5.74) is 0. The van der Waals surface area contributed by atoms with Gasteiger partial charge in [0.25, 0.3) is 0 Å². The Labute approximate surface area is 59.6 Å². The van der Waals surface area contributed by atoms with Crippen molar-refractivity contribution in [3.63, 3.8) is 0 Å². The zero-order chi connectivity index (χ0) is 7.40. The fraction of sp³-hybridized carbons (Fsp3) is 0. The highest BCUT2D eigenvalue weighted by Gasteiger charge is 1.90. The molecule has 1 unspecified atom stereocenters. The van der Waals surface area contributed by atoms with Crippen molar-refractivity contribution in [2.45, 2.75) is 0 Å². The Morgan fingerprint density at radius 1 is 1.60 bits per heavy atom. The Kier molecular flexibility index (Phi) is 2.30. The number of aromatic nitrogens is 2. The second kappa shape index (κ2) is 3.23. The second-order valence-corrected chi connectivity index (χ2v) is 1.91. The van der Waals surface area contributed by atoms with E-state index in [0.717, 1.165) is 0 Å². The van der Waals surface area contributed by atoms with E-state index in [0.29, 0.717) is 0 Å². The smallest absolute Gasteiger partial charge is 0.248 e. The van der Waals surface area contributed by atoms with Gasteiger partial charge in [0.1, 0.15) is 11.4 Å². The molecular weight excluding hydrogens is 156 g/mol. The van der Waals surface area contributed by atoms with E-state index in [4.69, 9.17) is 0 Å². The normalized spacial score (nSPS) is 12.5. The Bertz CT molecular complexity index is 227. The molecule has 1 aromatic heterocycles. The molecule has 0 bridgehead atoms. The largest absolute Gasteiger partial charge is 0.740 e. The Morgan fingerprint density at radius 2 is 2.40 bits per heavy atom. The van der Waals surface area contributed by atoms with Crippen LogP contribution in [0.4, 0.5) is 0 Å². The van der Waals surface area contributed by atoms with Gasteiger partial charge < -0.3 is 8.74 Å². The molecule has 54 valence electrons. The molecule has 5 nitrogen and oxygen atoms in total. The molecule has 0 fully saturated rings. The van der Waals surface area contributed by atoms with Crippen molar-refractivity contribution in [1.82, 2.24) is 9.97 Å². The third-order valence-electron chi connectivity index (χ3n) is 0.693. The van der Waals surface area contributed by atoms with Crippen LogP contribution in [0.2, 0.25) is 0 Å². The third kappa shape index (κ3) is 2.08. The zero-order valence-electron chi connectivity index (χ0n) is 4.76. The maximum Gasteiger partial charge on any atom is 0.248 e. The van der Waals surface area contributed by atoms with E-state index in [9.17, 15) is 8.76 Å². The van der Waals surface area contributed by atoms with Crippen LogP contribution in [0.3, 0.4) is 0 Å². The minimum absolute atomic E-state index is 0.0316. The van der Waals surface area contributed by atoms with Crippen LogP contribution in [0, 0.1) is 0 Å². The van der Waals surface area contributed by atoms with Crippen LogP contribution in [0.1, 0.15) is 0 Å². The zero-order valence-corrected chi connectivity index (χ0v) is 5.58. The first-order valence-electron chi connectivity index (χ1n) is 2.32. The molecule has 0 N–H and O–H groups in total. The van der Waals surface area contributed by atoms with Crippen LogP contribution >= 0.6 is 0 Å². The van der Waals surface area contributed by atoms with Gasteiger partial charge in [0.05, 0.1) is 6.20 Å². The van der Waals surface area contributed by atoms with Gasteiger partial charge in [0, 0.05) is 12.4 Å². The average Bonchev–Trinajstić information content (AvgIpc) is 1.88. The van der Waals surface area contributed by atoms with Crippen molar-refractivity contribution in [2.24, 2.45) is 0 Å². The first-order valence-corrected chi connectivity index (χ1v) is 3.32. The van der Waals surface area contributed by atoms with Crippen LogP contribution < -0.4 is 4.18 Å². The van der Waals surface area contributed by atoms with Gasteiger partial charge in [-0.05, 0) is 0 Å². The molecule has 0 saturated carbocycles. The lowest BCUT2D eigenvalue weighted by Crippen LogP contribution is -1.99. The summed E-state index contributed by atoms with van der Waals surface area (Å²) in [4.78, 5) is 7.12. The van der Waals surface area contributed by atoms with Crippen molar-refractivity contribution >= 4 is 11.4 Å². The van der Waals surface area contributed by atoms with Gasteiger partial charge >= 0.3 is 0 Å². The van der Waals surface area contributed by atoms with Gasteiger partial charge in [0.2, 0.25) is 5.88 Å². The number of hydrogen-bond donors (Lipinski definition) is 0. The van der Waals surface area contributed by atoms with Crippen LogP contribution in [-0.4, -0.2) is 18.7 Å². The minimum Gasteiger partial charge on any atom is -0.740 e. The van der Waals surface area contributed by atoms with E-state index < -0.39 is 11.4 Å². The number of nitrogens with zero attached hydrogens (tertiary/aromatic N) is 2. The standard InChI is InChI=1S/C4H4N2O3S/c7-10(8)9-4-3-5-1-2-6-4/h1-3H,(H,7,8)/p-1. The SMILES string of the molecule is O=S([O-])Oc1cnccn1. The summed E-state index contributed by atoms with van der Waals surface area (Å²) in [7, 11) is 0. The summed E-state index contributed by atoms with van der Waals surface area (Å²) in [6.07, 6.45) is 3.96. The Morgan fingerprint density at radius 3 is 2.90 bits per heavy atom. The molecule has 1 heterocycles. The summed E-state index contributed by atoms with van der Waals surface area (Å²) in [5, 5.41) is 0. The van der Waals surface area contributed by atoms with Gasteiger partial charge in [-0.3, -0.25) is 4.98 Å². The fourth-order valence-corrected chi connectivity index (χ4v) is 0.624. The highest BCUT2D eigenvalue weighted by Crippen LogP contribution is 2.00. The van der Waals surface area contributed by atoms with Gasteiger partial charge in [-0.25, -0.2) is 9.19 Å². The molecule has 10 heavy (non-hydrogen) atoms. The second-order valence-electron chi connectivity index (χ2n) is 1.33. The monoisotopic (exact) mass is 159 g/mol. The molecule has 0 radical (unpaired) electrons. The van der Waals surface area contributed by atoms with E-state index in [2.05, 4.69) is 14.2 Å². The highest BCUT2D eigenvalue weighted by atomic mass is 32.2. The molecule has 0 aromatic carbocycles. The van der Waals surface area contributed by atoms with Crippen LogP contribution in [0.15, 0.2) is 18.6 Å². The highest BCUT2D eigenvalue weighted by molar-refractivity contribution is 7.74. The van der Waals surface area contributed by atoms with E-state index in [-0.39, 0.29) is 5.88 Å². The molecule has 0 aliphatic rings. The lowest BCUT2D eigenvalue weighted by atomic mass is 10.7. The lowest BCUT2D eigenvalue weighted by Gasteiger charge is -2.03. The lowest BCUT2D eigenvalue weighted by molar-refractivity contribution is 0.432. The van der Waals surface area contributed by atoms with Gasteiger partial charge in [-0.1, -0.05) is 0 Å². The summed E-state index contributed by atoms with van der Waals surface area (Å²) in [6, 6.07) is 0.